The lowest BCUT2D eigenvalue weighted by Crippen LogP contribution is -3.18. The summed E-state index contributed by atoms with van der Waals surface area (Å²) in [4.78, 5) is 97.8. The van der Waals surface area contributed by atoms with Crippen LogP contribution in [0.15, 0.2) is 59.5 Å². The molecule has 2 aromatic heterocycles. The van der Waals surface area contributed by atoms with Crippen molar-refractivity contribution >= 4 is 61.1 Å². The molecular formula is C65H97N12O8+5. The van der Waals surface area contributed by atoms with Crippen molar-refractivity contribution in [2.24, 2.45) is 9.98 Å². The van der Waals surface area contributed by atoms with Gasteiger partial charge in [0.25, 0.3) is 22.2 Å². The number of rotatable bonds is 29. The number of aromatic hydroxyl groups is 1. The fourth-order valence-electron chi connectivity index (χ4n) is 12.3. The fraction of sp³-hybridized carbons (Fsp3) is 0.569. The van der Waals surface area contributed by atoms with Gasteiger partial charge in [-0.3, -0.25) is 38.3 Å². The van der Waals surface area contributed by atoms with Gasteiger partial charge in [0.2, 0.25) is 5.88 Å². The standard InChI is InChI=1S/C65H94N12O8/c1-73(2,3)35-21-30-68-50-42-47-53-54-46(61(81)72(65(85)57(50)54)34-25-39-77(13,14)15)41-49(56(53)64(84)71(62(47)82)33-24-38-76(10,11)12)67-29-20-18-16-17-19-28-66-48-40-45-51-43(58(78)69(60(45)80)31-22-36-74(4,5)6)26-27-44-52(51)55(48)63(83)70(59(44)79)32-23-37-75(7,8)9/h26-27,40-42H,16-25,28-39H2,1-15H3/q+2/p+3. The van der Waals surface area contributed by atoms with E-state index in [1.807, 2.05) is 0 Å². The molecule has 0 bridgehead atoms. The Morgan fingerprint density at radius 3 is 1.66 bits per heavy atom. The predicted molar refractivity (Wildman–Crippen MR) is 339 cm³/mol. The van der Waals surface area contributed by atoms with E-state index in [-0.39, 0.29) is 53.4 Å². The normalized spacial score (nSPS) is 15.9. The van der Waals surface area contributed by atoms with E-state index in [1.54, 1.807) is 30.3 Å². The topological polar surface area (TPSA) is 202 Å². The first-order valence-corrected chi connectivity index (χ1v) is 30.7. The lowest BCUT2D eigenvalue weighted by molar-refractivity contribution is -0.873. The lowest BCUT2D eigenvalue weighted by atomic mass is 9.81. The van der Waals surface area contributed by atoms with Crippen LogP contribution in [0.25, 0.3) is 49.0 Å². The quantitative estimate of drug-likeness (QED) is 0.0274. The van der Waals surface area contributed by atoms with Gasteiger partial charge in [-0.25, -0.2) is 14.5 Å². The summed E-state index contributed by atoms with van der Waals surface area (Å²) < 4.78 is 7.48. The average molecular weight is 1170 g/mol. The van der Waals surface area contributed by atoms with Crippen LogP contribution < -0.4 is 42.9 Å². The summed E-state index contributed by atoms with van der Waals surface area (Å²) in [7, 11) is 31.2. The second-order valence-electron chi connectivity index (χ2n) is 29.1. The zero-order valence-electron chi connectivity index (χ0n) is 53.7. The number of nitrogens with one attached hydrogen (secondary N) is 2. The van der Waals surface area contributed by atoms with Crippen LogP contribution in [0.4, 0.5) is 5.69 Å². The monoisotopic (exact) mass is 1170 g/mol. The summed E-state index contributed by atoms with van der Waals surface area (Å²) in [5.41, 5.74) is 0.990. The number of nitrogens with zero attached hydrogens (tertiary/aromatic N) is 10. The van der Waals surface area contributed by atoms with Gasteiger partial charge >= 0.3 is 11.8 Å². The van der Waals surface area contributed by atoms with Gasteiger partial charge in [-0.15, -0.1) is 0 Å². The van der Waals surface area contributed by atoms with Crippen molar-refractivity contribution < 1.29 is 47.1 Å². The minimum absolute atomic E-state index is 0.211. The van der Waals surface area contributed by atoms with E-state index in [2.05, 4.69) is 111 Å². The Bertz CT molecular complexity index is 3860. The number of pyridine rings is 3. The van der Waals surface area contributed by atoms with E-state index in [1.165, 1.54) is 13.7 Å². The van der Waals surface area contributed by atoms with E-state index < -0.39 is 28.1 Å². The highest BCUT2D eigenvalue weighted by molar-refractivity contribution is 6.37. The van der Waals surface area contributed by atoms with Crippen LogP contribution in [-0.4, -0.2) is 223 Å². The molecule has 2 aliphatic heterocycles. The molecule has 20 nitrogen and oxygen atoms in total. The van der Waals surface area contributed by atoms with Crippen molar-refractivity contribution in [2.75, 3.05) is 170 Å². The molecule has 20 heteroatoms. The van der Waals surface area contributed by atoms with Crippen molar-refractivity contribution in [3.8, 4) is 22.9 Å². The molecule has 8 rings (SSSR count). The first-order chi connectivity index (χ1) is 39.7. The second-order valence-corrected chi connectivity index (χ2v) is 29.1. The second kappa shape index (κ2) is 25.0. The fourth-order valence-corrected chi connectivity index (χ4v) is 12.3. The minimum Gasteiger partial charge on any atom is -0.860 e. The maximum Gasteiger partial charge on any atom is 0.352 e. The smallest absolute Gasteiger partial charge is 0.352 e. The molecule has 2 aromatic carbocycles. The van der Waals surface area contributed by atoms with Gasteiger partial charge < -0.3 is 42.5 Å². The zero-order valence-corrected chi connectivity index (χ0v) is 53.7. The molecule has 0 saturated carbocycles. The zero-order chi connectivity index (χ0) is 62.3. The van der Waals surface area contributed by atoms with Gasteiger partial charge in [0, 0.05) is 104 Å². The molecule has 1 atom stereocenters. The molecule has 85 heavy (non-hydrogen) atoms. The number of amides is 2. The molecular weight excluding hydrogens is 1080 g/mol. The third kappa shape index (κ3) is 14.4. The van der Waals surface area contributed by atoms with Crippen LogP contribution in [0.3, 0.4) is 0 Å². The molecule has 3 N–H and O–H groups in total. The molecule has 0 fully saturated rings. The molecule has 460 valence electrons. The summed E-state index contributed by atoms with van der Waals surface area (Å²) in [6.45, 7) is 6.12. The van der Waals surface area contributed by atoms with Crippen LogP contribution in [-0.2, 0) is 24.4 Å². The van der Waals surface area contributed by atoms with Crippen molar-refractivity contribution in [1.82, 2.24) is 13.7 Å². The van der Waals surface area contributed by atoms with Crippen LogP contribution >= 0.6 is 0 Å². The molecule has 4 aromatic rings. The largest absolute Gasteiger partial charge is 0.860 e. The van der Waals surface area contributed by atoms with Crippen LogP contribution in [0.2, 0.25) is 0 Å². The Morgan fingerprint density at radius 2 is 1.04 bits per heavy atom. The Hall–Kier alpha value is -6.68. The lowest BCUT2D eigenvalue weighted by Gasteiger charge is -2.31. The number of allylic oxidation sites excluding steroid dienone is 1. The van der Waals surface area contributed by atoms with Crippen molar-refractivity contribution in [3.05, 3.63) is 93.8 Å². The molecule has 2 amide bonds. The number of hydrogen-bond acceptors (Lipinski definition) is 11. The maximum atomic E-state index is 14.9. The summed E-state index contributed by atoms with van der Waals surface area (Å²) in [5, 5.41) is 32.3. The van der Waals surface area contributed by atoms with Gasteiger partial charge in [-0.05, 0) is 48.4 Å². The maximum absolute atomic E-state index is 14.9. The predicted octanol–water partition coefficient (Wildman–Crippen LogP) is 2.95. The highest BCUT2D eigenvalue weighted by Gasteiger charge is 2.44. The number of hydrogen-bond donors (Lipinski definition) is 3. The van der Waals surface area contributed by atoms with E-state index in [0.717, 1.165) is 69.3 Å². The molecule has 4 aliphatic rings. The number of quaternary nitrogens is 6. The molecule has 0 radical (unpaired) electrons. The van der Waals surface area contributed by atoms with Crippen molar-refractivity contribution in [1.29, 1.82) is 0 Å². The number of anilines is 1. The Balaban J connectivity index is 1.07. The first-order valence-electron chi connectivity index (χ1n) is 30.7. The number of unbranched alkanes of at least 4 members (excludes halogenated alkanes) is 4. The van der Waals surface area contributed by atoms with E-state index >= 15 is 0 Å². The van der Waals surface area contributed by atoms with E-state index in [9.17, 15) is 39.0 Å². The molecule has 0 spiro atoms. The average Bonchev–Trinajstić information content (AvgIpc) is 0.748. The summed E-state index contributed by atoms with van der Waals surface area (Å²) in [6, 6.07) is 6.76. The Morgan fingerprint density at radius 1 is 0.494 bits per heavy atom. The van der Waals surface area contributed by atoms with Gasteiger partial charge in [0.1, 0.15) is 0 Å². The minimum atomic E-state index is -0.468. The van der Waals surface area contributed by atoms with Crippen LogP contribution in [0.1, 0.15) is 85.7 Å². The Kier molecular flexibility index (Phi) is 18.9. The molecule has 2 aliphatic carbocycles. The molecule has 0 saturated heterocycles. The number of aromatic nitrogens is 3. The number of aliphatic imine (C=N–C) groups is 1. The van der Waals surface area contributed by atoms with Crippen LogP contribution in [0.5, 0.6) is 11.8 Å². The molecule has 4 heterocycles. The molecule has 1 unspecified atom stereocenters. The van der Waals surface area contributed by atoms with Gasteiger partial charge in [0.05, 0.1) is 189 Å². The van der Waals surface area contributed by atoms with Crippen molar-refractivity contribution in [3.63, 3.8) is 0 Å². The van der Waals surface area contributed by atoms with Gasteiger partial charge in [-0.1, -0.05) is 25.3 Å². The number of benzene rings is 3. The third-order valence-electron chi connectivity index (χ3n) is 16.6. The highest BCUT2D eigenvalue weighted by atomic mass is 16.3. The number of carbonyl (C=O) groups is 2. The van der Waals surface area contributed by atoms with Gasteiger partial charge in [-0.2, -0.15) is 0 Å². The summed E-state index contributed by atoms with van der Waals surface area (Å²) in [5.74, 6) is -1.37. The first kappa shape index (κ1) is 64.3. The number of carbonyl (C=O) groups excluding carboxylic acids is 2. The highest BCUT2D eigenvalue weighted by Crippen LogP contribution is 2.42. The van der Waals surface area contributed by atoms with E-state index in [4.69, 9.17) is 9.98 Å². The number of imide groups is 1. The van der Waals surface area contributed by atoms with Gasteiger partial charge in [0.15, 0.2) is 0 Å². The third-order valence-corrected chi connectivity index (χ3v) is 16.6. The summed E-state index contributed by atoms with van der Waals surface area (Å²) in [6.07, 6.45) is 8.74. The van der Waals surface area contributed by atoms with Crippen molar-refractivity contribution in [2.45, 2.75) is 83.8 Å². The Labute approximate surface area is 500 Å². The summed E-state index contributed by atoms with van der Waals surface area (Å²) >= 11 is 0. The SMILES string of the molecule is C[N+](C)(C)CCCN=c1cc2c(=O)n(CCC[N+](C)(C)C)c(=O)c3c(NCCCCCCCN=C4C=C5C(=O)[NH+](CCC[N+](C)(C)C)C(=O)c6ccc7c([O-])n(CCC[N+](C)(C)C)c(=O)c4c7c65)cc4c(O)n(CCC[N+](C)(C)C)c(=O)c1c4c3-2. The van der Waals surface area contributed by atoms with E-state index in [0.29, 0.717) is 148 Å². The van der Waals surface area contributed by atoms with Crippen LogP contribution in [0, 0.1) is 0 Å².